The second kappa shape index (κ2) is 17.8. The number of aromatic nitrogens is 2. The molecule has 1 amide bonds. The summed E-state index contributed by atoms with van der Waals surface area (Å²) < 4.78 is 26.6. The summed E-state index contributed by atoms with van der Waals surface area (Å²) in [5.74, 6) is 1.87. The number of fused-ring (bicyclic) bond motifs is 1. The average Bonchev–Trinajstić information content (AvgIpc) is 3.45. The van der Waals surface area contributed by atoms with Crippen molar-refractivity contribution in [2.75, 3.05) is 43.1 Å². The number of ether oxygens (including phenoxy) is 2. The highest BCUT2D eigenvalue weighted by Crippen LogP contribution is 2.33. The normalized spacial score (nSPS) is 13.4. The van der Waals surface area contributed by atoms with Gasteiger partial charge in [0.1, 0.15) is 18.2 Å². The van der Waals surface area contributed by atoms with E-state index in [0.29, 0.717) is 36.0 Å². The Morgan fingerprint density at radius 3 is 2.42 bits per heavy atom. The molecular weight excluding hydrogens is 621 g/mol. The predicted molar refractivity (Wildman–Crippen MR) is 196 cm³/mol. The molecule has 1 unspecified atom stereocenters. The van der Waals surface area contributed by atoms with Gasteiger partial charge in [0.2, 0.25) is 0 Å². The topological polar surface area (TPSA) is 85.7 Å². The van der Waals surface area contributed by atoms with Gasteiger partial charge in [0, 0.05) is 60.5 Å². The minimum atomic E-state index is -1.23. The number of unbranched alkanes of at least 4 members (excludes halogenated alkanes) is 1. The van der Waals surface area contributed by atoms with Crippen molar-refractivity contribution >= 4 is 34.2 Å². The first-order valence-corrected chi connectivity index (χ1v) is 18.5. The third kappa shape index (κ3) is 9.45. The fourth-order valence-electron chi connectivity index (χ4n) is 5.79. The number of nitrogens with zero attached hydrogens (tertiary/aromatic N) is 3. The molecule has 0 radical (unpaired) electrons. The van der Waals surface area contributed by atoms with Crippen LogP contribution in [0.15, 0.2) is 89.6 Å². The van der Waals surface area contributed by atoms with Crippen molar-refractivity contribution in [1.82, 2.24) is 9.55 Å². The molecule has 1 atom stereocenters. The Morgan fingerprint density at radius 1 is 0.896 bits per heavy atom. The molecule has 254 valence electrons. The number of anilines is 2. The Bertz CT molecular complexity index is 1680. The van der Waals surface area contributed by atoms with Gasteiger partial charge in [-0.15, -0.1) is 0 Å². The number of amides is 1. The Kier molecular flexibility index (Phi) is 13.0. The molecule has 0 saturated heterocycles. The van der Waals surface area contributed by atoms with E-state index in [1.165, 1.54) is 0 Å². The molecule has 2 heterocycles. The van der Waals surface area contributed by atoms with Gasteiger partial charge >= 0.3 is 0 Å². The molecule has 1 aliphatic rings. The molecule has 0 fully saturated rings. The maximum absolute atomic E-state index is 13.6. The highest BCUT2D eigenvalue weighted by atomic mass is 32.2. The minimum absolute atomic E-state index is 0.125. The van der Waals surface area contributed by atoms with Crippen LogP contribution in [0.25, 0.3) is 17.2 Å². The van der Waals surface area contributed by atoms with E-state index < -0.39 is 10.8 Å². The second-order valence-electron chi connectivity index (χ2n) is 12.0. The maximum Gasteiger partial charge on any atom is 0.251 e. The zero-order chi connectivity index (χ0) is 33.7. The molecule has 0 bridgehead atoms. The van der Waals surface area contributed by atoms with Gasteiger partial charge in [-0.2, -0.15) is 0 Å². The lowest BCUT2D eigenvalue weighted by Gasteiger charge is -2.25. The van der Waals surface area contributed by atoms with Crippen LogP contribution in [0.3, 0.4) is 0 Å². The minimum Gasteiger partial charge on any atom is -0.491 e. The Morgan fingerprint density at radius 2 is 1.67 bits per heavy atom. The van der Waals surface area contributed by atoms with Gasteiger partial charge in [0.05, 0.1) is 23.2 Å². The van der Waals surface area contributed by atoms with Gasteiger partial charge in [-0.1, -0.05) is 45.4 Å². The largest absolute Gasteiger partial charge is 0.491 e. The number of nitrogens with one attached hydrogen (secondary N) is 1. The third-order valence-electron chi connectivity index (χ3n) is 8.36. The molecule has 8 nitrogen and oxygen atoms in total. The van der Waals surface area contributed by atoms with Crippen molar-refractivity contribution in [3.63, 3.8) is 0 Å². The van der Waals surface area contributed by atoms with E-state index in [2.05, 4.69) is 70.9 Å². The summed E-state index contributed by atoms with van der Waals surface area (Å²) in [6.07, 6.45) is 10.5. The van der Waals surface area contributed by atoms with E-state index in [4.69, 9.17) is 9.47 Å². The first-order valence-electron chi connectivity index (χ1n) is 17.2. The summed E-state index contributed by atoms with van der Waals surface area (Å²) in [5.41, 5.74) is 5.73. The van der Waals surface area contributed by atoms with Crippen LogP contribution in [0.4, 0.5) is 11.4 Å². The summed E-state index contributed by atoms with van der Waals surface area (Å²) in [5, 5.41) is 3.07. The lowest BCUT2D eigenvalue weighted by molar-refractivity contribution is -0.112. The van der Waals surface area contributed by atoms with Crippen LogP contribution in [0.5, 0.6) is 5.75 Å². The van der Waals surface area contributed by atoms with Crippen molar-refractivity contribution < 1.29 is 18.5 Å². The lowest BCUT2D eigenvalue weighted by atomic mass is 10.00. The number of imidazole rings is 1. The molecule has 3 aromatic carbocycles. The van der Waals surface area contributed by atoms with Gasteiger partial charge in [-0.25, -0.2) is 4.98 Å². The molecule has 48 heavy (non-hydrogen) atoms. The summed E-state index contributed by atoms with van der Waals surface area (Å²) in [6.45, 7) is 10.9. The van der Waals surface area contributed by atoms with Crippen LogP contribution in [0.2, 0.25) is 0 Å². The molecule has 9 heteroatoms. The monoisotopic (exact) mass is 668 g/mol. The molecular formula is C39H48N4O4S. The van der Waals surface area contributed by atoms with Gasteiger partial charge in [-0.05, 0) is 97.0 Å². The Hall–Kier alpha value is -4.21. The van der Waals surface area contributed by atoms with Gasteiger partial charge < -0.3 is 24.3 Å². The summed E-state index contributed by atoms with van der Waals surface area (Å²) >= 11 is 0. The van der Waals surface area contributed by atoms with Crippen molar-refractivity contribution in [1.29, 1.82) is 0 Å². The molecule has 0 saturated carbocycles. The van der Waals surface area contributed by atoms with Crippen molar-refractivity contribution in [3.8, 4) is 16.9 Å². The number of carbonyl (C=O) groups excluding carboxylic acids is 1. The van der Waals surface area contributed by atoms with Crippen molar-refractivity contribution in [2.45, 2.75) is 70.1 Å². The molecule has 5 rings (SSSR count). The molecule has 4 aromatic rings. The van der Waals surface area contributed by atoms with Crippen LogP contribution in [0.1, 0.15) is 64.3 Å². The van der Waals surface area contributed by atoms with Crippen LogP contribution in [-0.2, 0) is 32.6 Å². The van der Waals surface area contributed by atoms with Crippen molar-refractivity contribution in [3.05, 3.63) is 96.1 Å². The van der Waals surface area contributed by atoms with E-state index >= 15 is 0 Å². The summed E-state index contributed by atoms with van der Waals surface area (Å²) in [4.78, 5) is 21.0. The highest BCUT2D eigenvalue weighted by Gasteiger charge is 2.20. The SMILES string of the molecule is CCCCOCCOc1ccc(-c2ccc3c(c2)C=C(C(=O)Nc2ccc(S(=O)Cc4nccn4CCC)cc2)CCN3CCC)cc1. The quantitative estimate of drug-likeness (QED) is 0.115. The average molecular weight is 669 g/mol. The maximum atomic E-state index is 13.6. The number of carbonyl (C=O) groups is 1. The van der Waals surface area contributed by atoms with Gasteiger partial charge in [-0.3, -0.25) is 9.00 Å². The Labute approximate surface area is 287 Å². The molecule has 0 spiro atoms. The van der Waals surface area contributed by atoms with E-state index in [1.807, 2.05) is 48.7 Å². The number of benzene rings is 3. The molecule has 1 N–H and O–H groups in total. The zero-order valence-corrected chi connectivity index (χ0v) is 29.3. The van der Waals surface area contributed by atoms with E-state index in [1.54, 1.807) is 6.20 Å². The summed E-state index contributed by atoms with van der Waals surface area (Å²) in [7, 11) is -1.23. The Balaban J connectivity index is 1.26. The molecule has 0 aliphatic carbocycles. The van der Waals surface area contributed by atoms with Crippen LogP contribution >= 0.6 is 0 Å². The van der Waals surface area contributed by atoms with Crippen molar-refractivity contribution in [2.24, 2.45) is 0 Å². The summed E-state index contributed by atoms with van der Waals surface area (Å²) in [6, 6.07) is 21.9. The molecule has 1 aliphatic heterocycles. The second-order valence-corrected chi connectivity index (χ2v) is 13.5. The van der Waals surface area contributed by atoms with Crippen LogP contribution < -0.4 is 15.0 Å². The zero-order valence-electron chi connectivity index (χ0n) is 28.5. The number of hydrogen-bond donors (Lipinski definition) is 1. The fraction of sp³-hybridized carbons (Fsp3) is 0.385. The first-order chi connectivity index (χ1) is 23.5. The van der Waals surface area contributed by atoms with E-state index in [0.717, 1.165) is 91.4 Å². The lowest BCUT2D eigenvalue weighted by Crippen LogP contribution is -2.26. The standard InChI is InChI=1S/C39H48N4O4S/c1-4-7-24-46-25-26-47-35-13-8-30(9-14-35)31-10-17-37-33(27-31)28-32(18-22-42(37)20-5-2)39(44)41-34-11-15-36(16-12-34)48(45)29-38-40-19-23-43(38)21-6-3/h8-17,19,23,27-28H,4-7,18,20-22,24-26,29H2,1-3H3,(H,41,44). The third-order valence-corrected chi connectivity index (χ3v) is 9.68. The van der Waals surface area contributed by atoms with E-state index in [-0.39, 0.29) is 5.91 Å². The number of aryl methyl sites for hydroxylation is 1. The molecule has 1 aromatic heterocycles. The first kappa shape index (κ1) is 35.1. The number of rotatable bonds is 17. The van der Waals surface area contributed by atoms with Gasteiger partial charge in [0.15, 0.2) is 0 Å². The van der Waals surface area contributed by atoms with Crippen LogP contribution in [-0.4, -0.2) is 52.6 Å². The van der Waals surface area contributed by atoms with Gasteiger partial charge in [0.25, 0.3) is 5.91 Å². The smallest absolute Gasteiger partial charge is 0.251 e. The van der Waals surface area contributed by atoms with E-state index in [9.17, 15) is 9.00 Å². The predicted octanol–water partition coefficient (Wildman–Crippen LogP) is 8.11. The number of hydrogen-bond acceptors (Lipinski definition) is 6. The van der Waals surface area contributed by atoms with Crippen LogP contribution in [0, 0.1) is 0 Å². The fourth-order valence-corrected chi connectivity index (χ4v) is 6.87. The highest BCUT2D eigenvalue weighted by molar-refractivity contribution is 7.84.